The SMILES string of the molecule is COc1ccc(Oc2cc(-c3cccs3)nc3ccccc23)cc1Cl. The standard InChI is InChI=1S/C20H14ClNO2S/c1-23-18-9-8-13(11-15(18)21)24-19-12-17(20-7-4-10-25-20)22-16-6-3-2-5-14(16)19/h2-12H,1H3. The molecule has 5 heteroatoms. The lowest BCUT2D eigenvalue weighted by Gasteiger charge is -2.12. The Balaban J connectivity index is 1.81. The van der Waals surface area contributed by atoms with Crippen molar-refractivity contribution in [3.05, 3.63) is 71.1 Å². The smallest absolute Gasteiger partial charge is 0.139 e. The van der Waals surface area contributed by atoms with Gasteiger partial charge >= 0.3 is 0 Å². The summed E-state index contributed by atoms with van der Waals surface area (Å²) in [6.07, 6.45) is 0. The van der Waals surface area contributed by atoms with Crippen LogP contribution < -0.4 is 9.47 Å². The van der Waals surface area contributed by atoms with E-state index in [1.165, 1.54) is 0 Å². The molecule has 2 aromatic carbocycles. The van der Waals surface area contributed by atoms with Crippen molar-refractivity contribution in [2.75, 3.05) is 7.11 Å². The predicted octanol–water partition coefficient (Wildman–Crippen LogP) is 6.42. The van der Waals surface area contributed by atoms with Gasteiger partial charge < -0.3 is 9.47 Å². The largest absolute Gasteiger partial charge is 0.495 e. The molecule has 0 amide bonds. The average molecular weight is 368 g/mol. The van der Waals surface area contributed by atoms with Crippen LogP contribution in [0.5, 0.6) is 17.2 Å². The molecule has 124 valence electrons. The van der Waals surface area contributed by atoms with E-state index in [0.717, 1.165) is 27.2 Å². The van der Waals surface area contributed by atoms with Gasteiger partial charge in [-0.25, -0.2) is 4.98 Å². The molecule has 2 aromatic heterocycles. The van der Waals surface area contributed by atoms with Crippen LogP contribution in [-0.2, 0) is 0 Å². The van der Waals surface area contributed by atoms with Crippen molar-refractivity contribution in [2.24, 2.45) is 0 Å². The Hall–Kier alpha value is -2.56. The number of nitrogens with zero attached hydrogens (tertiary/aromatic N) is 1. The minimum absolute atomic E-state index is 0.511. The number of hydrogen-bond acceptors (Lipinski definition) is 4. The zero-order chi connectivity index (χ0) is 17.2. The maximum absolute atomic E-state index is 6.21. The van der Waals surface area contributed by atoms with E-state index in [-0.39, 0.29) is 0 Å². The number of thiophene rings is 1. The van der Waals surface area contributed by atoms with Gasteiger partial charge in [0, 0.05) is 17.5 Å². The maximum atomic E-state index is 6.21. The summed E-state index contributed by atoms with van der Waals surface area (Å²) in [4.78, 5) is 5.85. The van der Waals surface area contributed by atoms with E-state index in [1.54, 1.807) is 30.6 Å². The van der Waals surface area contributed by atoms with Crippen molar-refractivity contribution < 1.29 is 9.47 Å². The highest BCUT2D eigenvalue weighted by Gasteiger charge is 2.11. The summed E-state index contributed by atoms with van der Waals surface area (Å²) >= 11 is 7.86. The molecule has 0 fully saturated rings. The highest BCUT2D eigenvalue weighted by Crippen LogP contribution is 2.36. The van der Waals surface area contributed by atoms with Crippen molar-refractivity contribution in [2.45, 2.75) is 0 Å². The van der Waals surface area contributed by atoms with Gasteiger partial charge in [-0.1, -0.05) is 29.8 Å². The summed E-state index contributed by atoms with van der Waals surface area (Å²) < 4.78 is 11.3. The number of benzene rings is 2. The van der Waals surface area contributed by atoms with Gasteiger partial charge in [0.1, 0.15) is 17.2 Å². The zero-order valence-corrected chi connectivity index (χ0v) is 15.0. The van der Waals surface area contributed by atoms with Gasteiger partial charge in [-0.15, -0.1) is 11.3 Å². The molecule has 0 aliphatic rings. The molecule has 3 nitrogen and oxygen atoms in total. The van der Waals surface area contributed by atoms with Crippen molar-refractivity contribution in [1.29, 1.82) is 0 Å². The van der Waals surface area contributed by atoms with E-state index in [4.69, 9.17) is 26.1 Å². The molecule has 25 heavy (non-hydrogen) atoms. The average Bonchev–Trinajstić information content (AvgIpc) is 3.16. The number of ether oxygens (including phenoxy) is 2. The number of pyridine rings is 1. The van der Waals surface area contributed by atoms with Crippen LogP contribution in [0.1, 0.15) is 0 Å². The van der Waals surface area contributed by atoms with Gasteiger partial charge in [0.25, 0.3) is 0 Å². The second-order valence-electron chi connectivity index (χ2n) is 5.40. The number of para-hydroxylation sites is 1. The molecule has 4 rings (SSSR count). The van der Waals surface area contributed by atoms with Crippen LogP contribution in [0.15, 0.2) is 66.0 Å². The van der Waals surface area contributed by atoms with E-state index in [2.05, 4.69) is 6.07 Å². The van der Waals surface area contributed by atoms with Crippen LogP contribution in [0, 0.1) is 0 Å². The van der Waals surface area contributed by atoms with Crippen LogP contribution in [-0.4, -0.2) is 12.1 Å². The molecule has 0 saturated heterocycles. The molecule has 0 radical (unpaired) electrons. The molecular formula is C20H14ClNO2S. The molecule has 0 saturated carbocycles. The number of rotatable bonds is 4. The minimum Gasteiger partial charge on any atom is -0.495 e. The molecule has 0 aliphatic carbocycles. The van der Waals surface area contributed by atoms with Gasteiger partial charge in [-0.05, 0) is 35.7 Å². The normalized spacial score (nSPS) is 10.8. The van der Waals surface area contributed by atoms with Crippen LogP contribution >= 0.6 is 22.9 Å². The lowest BCUT2D eigenvalue weighted by molar-refractivity contribution is 0.413. The van der Waals surface area contributed by atoms with Crippen molar-refractivity contribution in [3.63, 3.8) is 0 Å². The first-order chi connectivity index (χ1) is 12.2. The van der Waals surface area contributed by atoms with E-state index >= 15 is 0 Å². The first kappa shape index (κ1) is 15.9. The van der Waals surface area contributed by atoms with E-state index < -0.39 is 0 Å². The highest BCUT2D eigenvalue weighted by molar-refractivity contribution is 7.13. The maximum Gasteiger partial charge on any atom is 0.139 e. The molecular weight excluding hydrogens is 354 g/mol. The lowest BCUT2D eigenvalue weighted by atomic mass is 10.1. The number of halogens is 1. The molecule has 4 aromatic rings. The third-order valence-electron chi connectivity index (χ3n) is 3.80. The fraction of sp³-hybridized carbons (Fsp3) is 0.0500. The number of fused-ring (bicyclic) bond motifs is 1. The Kier molecular flexibility index (Phi) is 4.30. The van der Waals surface area contributed by atoms with Gasteiger partial charge in [-0.3, -0.25) is 0 Å². The molecule has 0 spiro atoms. The Morgan fingerprint density at radius 1 is 0.960 bits per heavy atom. The summed E-state index contributed by atoms with van der Waals surface area (Å²) in [5.41, 5.74) is 1.78. The van der Waals surface area contributed by atoms with Gasteiger partial charge in [0.05, 0.1) is 28.2 Å². The Labute approximate surface area is 154 Å². The fourth-order valence-electron chi connectivity index (χ4n) is 2.62. The topological polar surface area (TPSA) is 31.4 Å². The summed E-state index contributed by atoms with van der Waals surface area (Å²) in [5, 5.41) is 3.50. The first-order valence-electron chi connectivity index (χ1n) is 7.69. The van der Waals surface area contributed by atoms with Crippen LogP contribution in [0.3, 0.4) is 0 Å². The molecule has 0 unspecified atom stereocenters. The second-order valence-corrected chi connectivity index (χ2v) is 6.75. The summed E-state index contributed by atoms with van der Waals surface area (Å²) in [6.45, 7) is 0. The number of hydrogen-bond donors (Lipinski definition) is 0. The zero-order valence-electron chi connectivity index (χ0n) is 13.4. The Morgan fingerprint density at radius 2 is 1.84 bits per heavy atom. The van der Waals surface area contributed by atoms with Crippen molar-refractivity contribution >= 4 is 33.8 Å². The molecule has 2 heterocycles. The van der Waals surface area contributed by atoms with Crippen molar-refractivity contribution in [1.82, 2.24) is 4.98 Å². The summed E-state index contributed by atoms with van der Waals surface area (Å²) in [7, 11) is 1.59. The predicted molar refractivity (Wildman–Crippen MR) is 103 cm³/mol. The van der Waals surface area contributed by atoms with E-state index in [0.29, 0.717) is 16.5 Å². The summed E-state index contributed by atoms with van der Waals surface area (Å²) in [6, 6.07) is 19.3. The third kappa shape index (κ3) is 3.18. The van der Waals surface area contributed by atoms with E-state index in [9.17, 15) is 0 Å². The quantitative estimate of drug-likeness (QED) is 0.417. The first-order valence-corrected chi connectivity index (χ1v) is 8.95. The Morgan fingerprint density at radius 3 is 2.60 bits per heavy atom. The summed E-state index contributed by atoms with van der Waals surface area (Å²) in [5.74, 6) is 2.02. The van der Waals surface area contributed by atoms with Crippen molar-refractivity contribution in [3.8, 4) is 27.8 Å². The molecule has 0 atom stereocenters. The van der Waals surface area contributed by atoms with Crippen LogP contribution in [0.4, 0.5) is 0 Å². The second kappa shape index (κ2) is 6.75. The van der Waals surface area contributed by atoms with Gasteiger partial charge in [-0.2, -0.15) is 0 Å². The van der Waals surface area contributed by atoms with Gasteiger partial charge in [0.2, 0.25) is 0 Å². The number of aromatic nitrogens is 1. The monoisotopic (exact) mass is 367 g/mol. The fourth-order valence-corrected chi connectivity index (χ4v) is 3.55. The minimum atomic E-state index is 0.511. The highest BCUT2D eigenvalue weighted by atomic mass is 35.5. The molecule has 0 N–H and O–H groups in total. The lowest BCUT2D eigenvalue weighted by Crippen LogP contribution is -1.91. The van der Waals surface area contributed by atoms with Crippen LogP contribution in [0.25, 0.3) is 21.5 Å². The number of methoxy groups -OCH3 is 1. The Bertz CT molecular complexity index is 1030. The molecule has 0 bridgehead atoms. The van der Waals surface area contributed by atoms with E-state index in [1.807, 2.05) is 47.8 Å². The molecule has 0 aliphatic heterocycles. The van der Waals surface area contributed by atoms with Gasteiger partial charge in [0.15, 0.2) is 0 Å². The van der Waals surface area contributed by atoms with Crippen LogP contribution in [0.2, 0.25) is 5.02 Å². The third-order valence-corrected chi connectivity index (χ3v) is 4.99.